The molecule has 1 aromatic rings. The van der Waals surface area contributed by atoms with Crippen LogP contribution in [0.1, 0.15) is 52.6 Å². The van der Waals surface area contributed by atoms with Gasteiger partial charge in [-0.2, -0.15) is 0 Å². The van der Waals surface area contributed by atoms with Gasteiger partial charge in [-0.15, -0.1) is 0 Å². The predicted octanol–water partition coefficient (Wildman–Crippen LogP) is 6.37. The molecule has 48 heavy (non-hydrogen) atoms. The van der Waals surface area contributed by atoms with Crippen LogP contribution in [0.5, 0.6) is 0 Å². The van der Waals surface area contributed by atoms with Gasteiger partial charge in [0.05, 0.1) is 6.04 Å². The lowest BCUT2D eigenvalue weighted by Crippen LogP contribution is -2.46. The third-order valence-corrected chi connectivity index (χ3v) is 7.32. The van der Waals surface area contributed by atoms with Crippen LogP contribution in [0.2, 0.25) is 0 Å². The van der Waals surface area contributed by atoms with Crippen molar-refractivity contribution < 1.29 is 27.9 Å². The van der Waals surface area contributed by atoms with E-state index in [-0.39, 0.29) is 23.3 Å². The Labute approximate surface area is 287 Å². The Morgan fingerprint density at radius 2 is 1.54 bits per heavy atom. The van der Waals surface area contributed by atoms with Gasteiger partial charge in [-0.25, -0.2) is 8.78 Å². The van der Waals surface area contributed by atoms with Crippen LogP contribution in [-0.2, 0) is 19.1 Å². The number of nitrogens with zero attached hydrogens (tertiary/aromatic N) is 3. The molecule has 1 amide bonds. The number of nitrogens with one attached hydrogen (secondary N) is 1. The zero-order valence-electron chi connectivity index (χ0n) is 29.9. The number of benzene rings is 1. The highest BCUT2D eigenvalue weighted by atomic mass is 19.1. The Morgan fingerprint density at radius 3 is 1.90 bits per heavy atom. The molecular formula is C38H56F2N4O4. The molecule has 2 aliphatic rings. The lowest BCUT2D eigenvalue weighted by Gasteiger charge is -2.38. The fourth-order valence-electron chi connectivity index (χ4n) is 4.33. The van der Waals surface area contributed by atoms with Crippen LogP contribution >= 0.6 is 0 Å². The van der Waals surface area contributed by atoms with Gasteiger partial charge in [0.2, 0.25) is 6.41 Å². The number of amides is 1. The molecule has 1 aromatic carbocycles. The number of carbonyl (C=O) groups excluding carboxylic acids is 3. The van der Waals surface area contributed by atoms with E-state index in [9.17, 15) is 23.2 Å². The molecule has 2 heterocycles. The van der Waals surface area contributed by atoms with Gasteiger partial charge in [0.25, 0.3) is 6.47 Å². The number of piperazine rings is 1. The Kier molecular flexibility index (Phi) is 22.2. The van der Waals surface area contributed by atoms with E-state index in [1.165, 1.54) is 24.3 Å². The standard InChI is InChI=1S/C19H24F2N2.C9H11NO.C5H11NO.C5H10O2/c1-4-17(20)8-5-15(2)19(16-6-9-18(21)10-7-16)23-13-11-22(3)12-14-23;1-3-8-5-10(7-11)6-9(8)4-2;1-5(6-2)3-4-7;1-5(2,3)7-4-6/h4-10,19H,2,11-14H2,1,3H3;3-4,7H,1-2,5-6H2;4-6H,3H2,1-2H3;4H,1-3H3/b8-5-,17-4+;;;. The number of carbonyl (C=O) groups is 3. The highest BCUT2D eigenvalue weighted by Gasteiger charge is 2.25. The normalized spacial score (nSPS) is 16.6. The zero-order chi connectivity index (χ0) is 36.7. The molecule has 1 N–H and O–H groups in total. The van der Waals surface area contributed by atoms with E-state index in [1.54, 1.807) is 42.2 Å². The SMILES string of the molecule is C=C(/C=C\C(F)=C/C)C(c1ccc(F)cc1)N1CCN(C)CC1.C=CC1=C(C=C)CN(C=O)C1.CC(C)(C)OC=O.CNC(C)CC=O. The maximum Gasteiger partial charge on any atom is 0.293 e. The van der Waals surface area contributed by atoms with Crippen molar-refractivity contribution in [2.75, 3.05) is 53.4 Å². The molecule has 0 saturated carbocycles. The molecule has 0 bridgehead atoms. The maximum absolute atomic E-state index is 13.4. The first-order valence-electron chi connectivity index (χ1n) is 15.9. The summed E-state index contributed by atoms with van der Waals surface area (Å²) >= 11 is 0. The summed E-state index contributed by atoms with van der Waals surface area (Å²) in [5.41, 5.74) is 3.67. The van der Waals surface area contributed by atoms with Crippen LogP contribution in [0.25, 0.3) is 0 Å². The molecule has 0 aliphatic carbocycles. The topological polar surface area (TPSA) is 82.2 Å². The average Bonchev–Trinajstić information content (AvgIpc) is 3.49. The summed E-state index contributed by atoms with van der Waals surface area (Å²) in [6.07, 6.45) is 10.5. The molecule has 0 spiro atoms. The van der Waals surface area contributed by atoms with E-state index in [0.29, 0.717) is 32.0 Å². The van der Waals surface area contributed by atoms with Crippen molar-refractivity contribution in [1.82, 2.24) is 20.0 Å². The van der Waals surface area contributed by atoms with Crippen LogP contribution in [0, 0.1) is 5.82 Å². The summed E-state index contributed by atoms with van der Waals surface area (Å²) in [5.74, 6) is -0.547. The number of ether oxygens (including phenoxy) is 1. The van der Waals surface area contributed by atoms with Gasteiger partial charge >= 0.3 is 0 Å². The van der Waals surface area contributed by atoms with E-state index in [0.717, 1.165) is 61.2 Å². The maximum atomic E-state index is 13.4. The van der Waals surface area contributed by atoms with Crippen LogP contribution in [0.15, 0.2) is 96.9 Å². The first kappa shape index (κ1) is 44.0. The van der Waals surface area contributed by atoms with Gasteiger partial charge in [-0.05, 0) is 89.2 Å². The number of hydrogen-bond donors (Lipinski definition) is 1. The van der Waals surface area contributed by atoms with E-state index in [2.05, 4.69) is 46.6 Å². The molecule has 2 unspecified atom stereocenters. The quantitative estimate of drug-likeness (QED) is 0.205. The van der Waals surface area contributed by atoms with Gasteiger partial charge in [0.15, 0.2) is 0 Å². The van der Waals surface area contributed by atoms with Crippen molar-refractivity contribution >= 4 is 19.2 Å². The number of halogens is 2. The van der Waals surface area contributed by atoms with Crippen LogP contribution in [-0.4, -0.2) is 98.9 Å². The van der Waals surface area contributed by atoms with E-state index < -0.39 is 0 Å². The number of hydrogen-bond acceptors (Lipinski definition) is 7. The summed E-state index contributed by atoms with van der Waals surface area (Å²) in [6, 6.07) is 6.75. The second kappa shape index (κ2) is 24.2. The molecule has 1 fully saturated rings. The number of aldehydes is 1. The molecule has 0 aromatic heterocycles. The average molecular weight is 671 g/mol. The summed E-state index contributed by atoms with van der Waals surface area (Å²) in [4.78, 5) is 36.0. The van der Waals surface area contributed by atoms with Crippen molar-refractivity contribution in [2.45, 2.75) is 58.7 Å². The van der Waals surface area contributed by atoms with Gasteiger partial charge in [0.1, 0.15) is 23.5 Å². The summed E-state index contributed by atoms with van der Waals surface area (Å²) in [6.45, 7) is 26.1. The molecule has 2 aliphatic heterocycles. The van der Waals surface area contributed by atoms with Gasteiger partial charge in [-0.1, -0.05) is 56.2 Å². The van der Waals surface area contributed by atoms with Crippen molar-refractivity contribution in [3.63, 3.8) is 0 Å². The van der Waals surface area contributed by atoms with Crippen LogP contribution in [0.4, 0.5) is 8.78 Å². The lowest BCUT2D eigenvalue weighted by molar-refractivity contribution is -0.138. The summed E-state index contributed by atoms with van der Waals surface area (Å²) in [5, 5.41) is 2.93. The number of rotatable bonds is 12. The highest BCUT2D eigenvalue weighted by Crippen LogP contribution is 2.30. The van der Waals surface area contributed by atoms with Crippen molar-refractivity contribution in [3.8, 4) is 0 Å². The van der Waals surface area contributed by atoms with E-state index in [1.807, 2.05) is 34.7 Å². The van der Waals surface area contributed by atoms with Crippen molar-refractivity contribution in [3.05, 3.63) is 108 Å². The predicted molar refractivity (Wildman–Crippen MR) is 193 cm³/mol. The molecule has 0 radical (unpaired) electrons. The van der Waals surface area contributed by atoms with E-state index in [4.69, 9.17) is 0 Å². The molecule has 266 valence electrons. The van der Waals surface area contributed by atoms with Gasteiger partial charge < -0.3 is 24.6 Å². The number of allylic oxidation sites excluding steroid dienone is 3. The molecule has 2 atom stereocenters. The van der Waals surface area contributed by atoms with Gasteiger partial charge in [0, 0.05) is 51.7 Å². The minimum atomic E-state index is -0.318. The third kappa shape index (κ3) is 18.4. The largest absolute Gasteiger partial charge is 0.462 e. The highest BCUT2D eigenvalue weighted by molar-refractivity contribution is 5.54. The smallest absolute Gasteiger partial charge is 0.293 e. The fraction of sp³-hybridized carbons (Fsp3) is 0.447. The summed E-state index contributed by atoms with van der Waals surface area (Å²) < 4.78 is 31.1. The monoisotopic (exact) mass is 670 g/mol. The molecule has 3 rings (SSSR count). The second-order valence-corrected chi connectivity index (χ2v) is 12.3. The molecule has 10 heteroatoms. The molecule has 8 nitrogen and oxygen atoms in total. The Bertz CT molecular complexity index is 1220. The van der Waals surface area contributed by atoms with Crippen LogP contribution < -0.4 is 5.32 Å². The molecular weight excluding hydrogens is 614 g/mol. The van der Waals surface area contributed by atoms with Crippen LogP contribution in [0.3, 0.4) is 0 Å². The Morgan fingerprint density at radius 1 is 1.00 bits per heavy atom. The lowest BCUT2D eigenvalue weighted by atomic mass is 9.96. The summed E-state index contributed by atoms with van der Waals surface area (Å²) in [7, 11) is 3.94. The minimum Gasteiger partial charge on any atom is -0.462 e. The third-order valence-electron chi connectivity index (χ3n) is 7.32. The van der Waals surface area contributed by atoms with E-state index >= 15 is 0 Å². The van der Waals surface area contributed by atoms with Crippen molar-refractivity contribution in [1.29, 1.82) is 0 Å². The molecule has 1 saturated heterocycles. The Hall–Kier alpha value is -3.99. The minimum absolute atomic E-state index is 0.0646. The van der Waals surface area contributed by atoms with Gasteiger partial charge in [-0.3, -0.25) is 14.5 Å². The zero-order valence-corrected chi connectivity index (χ0v) is 29.9. The first-order chi connectivity index (χ1) is 22.7. The second-order valence-electron chi connectivity index (χ2n) is 12.3. The Balaban J connectivity index is 0.000000728. The van der Waals surface area contributed by atoms with Crippen molar-refractivity contribution in [2.24, 2.45) is 0 Å². The first-order valence-corrected chi connectivity index (χ1v) is 15.9. The number of likely N-dealkylation sites (N-methyl/N-ethyl adjacent to an activating group) is 1. The fourth-order valence-corrected chi connectivity index (χ4v) is 4.33.